The number of aliphatic carboxylic acids is 1. The summed E-state index contributed by atoms with van der Waals surface area (Å²) in [6.07, 6.45) is 5.46. The highest BCUT2D eigenvalue weighted by Gasteiger charge is 2.49. The van der Waals surface area contributed by atoms with Crippen molar-refractivity contribution in [1.29, 1.82) is 0 Å². The normalized spacial score (nSPS) is 26.8. The first kappa shape index (κ1) is 27.2. The number of Topliss-reactive ketones (excluding diaryl/α,β-unsaturated/α-hetero) is 1. The van der Waals surface area contributed by atoms with Crippen molar-refractivity contribution in [2.75, 3.05) is 36.4 Å². The third kappa shape index (κ3) is 5.36. The fraction of sp³-hybridized carbons (Fsp3) is 0.571. The molecule has 10 heteroatoms. The Morgan fingerprint density at radius 2 is 1.92 bits per heavy atom. The van der Waals surface area contributed by atoms with Gasteiger partial charge in [-0.1, -0.05) is 29.3 Å². The molecule has 5 rings (SSSR count). The van der Waals surface area contributed by atoms with Crippen molar-refractivity contribution in [2.45, 2.75) is 58.5 Å². The zero-order valence-corrected chi connectivity index (χ0v) is 23.6. The van der Waals surface area contributed by atoms with Crippen LogP contribution in [0, 0.1) is 17.3 Å². The van der Waals surface area contributed by atoms with Crippen LogP contribution in [0.3, 0.4) is 0 Å². The topological polar surface area (TPSA) is 98.7 Å². The van der Waals surface area contributed by atoms with Crippen LogP contribution in [0.2, 0.25) is 10.0 Å². The van der Waals surface area contributed by atoms with Crippen molar-refractivity contribution in [3.05, 3.63) is 45.6 Å². The summed E-state index contributed by atoms with van der Waals surface area (Å²) < 4.78 is 0. The summed E-state index contributed by atoms with van der Waals surface area (Å²) in [5.74, 6) is 1.49. The summed E-state index contributed by atoms with van der Waals surface area (Å²) in [5, 5.41) is 13.9. The van der Waals surface area contributed by atoms with E-state index in [4.69, 9.17) is 28.2 Å². The number of nitrogens with zero attached hydrogens (tertiary/aromatic N) is 4. The number of aromatic nitrogens is 2. The first-order valence-corrected chi connectivity index (χ1v) is 14.1. The van der Waals surface area contributed by atoms with Crippen LogP contribution >= 0.6 is 23.2 Å². The van der Waals surface area contributed by atoms with E-state index in [1.54, 1.807) is 18.3 Å². The maximum atomic E-state index is 12.3. The number of carbonyl (C=O) groups is 2. The fourth-order valence-corrected chi connectivity index (χ4v) is 6.74. The lowest BCUT2D eigenvalue weighted by Crippen LogP contribution is -2.58. The molecule has 1 saturated carbocycles. The van der Waals surface area contributed by atoms with E-state index < -0.39 is 11.4 Å². The Kier molecular flexibility index (Phi) is 7.59. The number of ketones is 1. The third-order valence-corrected chi connectivity index (χ3v) is 9.25. The molecule has 3 heterocycles. The van der Waals surface area contributed by atoms with E-state index >= 15 is 0 Å². The van der Waals surface area contributed by atoms with Gasteiger partial charge in [-0.2, -0.15) is 4.98 Å². The van der Waals surface area contributed by atoms with Gasteiger partial charge in [-0.25, -0.2) is 4.98 Å². The molecule has 0 unspecified atom stereocenters. The highest BCUT2D eigenvalue weighted by atomic mass is 35.5. The van der Waals surface area contributed by atoms with E-state index in [-0.39, 0.29) is 11.8 Å². The second-order valence-electron chi connectivity index (χ2n) is 11.5. The number of carbonyl (C=O) groups excluding carboxylic acids is 1. The number of anilines is 2. The SMILES string of the molecule is CC(=O)c1cnc(N2CC([C@H]3CCCN([C@H]4C[C@](C)(C(=O)O)C4)C3)C2)nc1N[C@H](C)c1ccc(Cl)cc1Cl. The molecule has 1 aromatic carbocycles. The number of rotatable bonds is 8. The van der Waals surface area contributed by atoms with Gasteiger partial charge in [0, 0.05) is 41.9 Å². The molecule has 3 fully saturated rings. The Bertz CT molecular complexity index is 1230. The Morgan fingerprint density at radius 3 is 2.58 bits per heavy atom. The minimum absolute atomic E-state index is 0.104. The van der Waals surface area contributed by atoms with Gasteiger partial charge < -0.3 is 20.2 Å². The van der Waals surface area contributed by atoms with Gasteiger partial charge >= 0.3 is 5.97 Å². The molecule has 2 N–H and O–H groups in total. The van der Waals surface area contributed by atoms with Gasteiger partial charge in [0.1, 0.15) is 5.82 Å². The Morgan fingerprint density at radius 1 is 1.18 bits per heavy atom. The monoisotopic (exact) mass is 559 g/mol. The van der Waals surface area contributed by atoms with E-state index in [2.05, 4.69) is 20.1 Å². The third-order valence-electron chi connectivity index (χ3n) is 8.69. The van der Waals surface area contributed by atoms with Crippen molar-refractivity contribution < 1.29 is 14.7 Å². The van der Waals surface area contributed by atoms with Crippen molar-refractivity contribution in [2.24, 2.45) is 17.3 Å². The van der Waals surface area contributed by atoms with Crippen molar-refractivity contribution in [1.82, 2.24) is 14.9 Å². The molecule has 3 aliphatic rings. The van der Waals surface area contributed by atoms with Gasteiger partial charge in [0.25, 0.3) is 0 Å². The lowest BCUT2D eigenvalue weighted by atomic mass is 9.65. The van der Waals surface area contributed by atoms with Crippen LogP contribution in [-0.2, 0) is 4.79 Å². The van der Waals surface area contributed by atoms with Crippen LogP contribution in [0.15, 0.2) is 24.4 Å². The van der Waals surface area contributed by atoms with E-state index in [1.165, 1.54) is 13.3 Å². The molecule has 1 aliphatic carbocycles. The first-order valence-electron chi connectivity index (χ1n) is 13.4. The van der Waals surface area contributed by atoms with Crippen LogP contribution in [0.1, 0.15) is 68.4 Å². The average Bonchev–Trinajstić information content (AvgIpc) is 2.81. The van der Waals surface area contributed by atoms with Gasteiger partial charge in [0.05, 0.1) is 17.0 Å². The maximum Gasteiger partial charge on any atom is 0.309 e. The molecule has 2 saturated heterocycles. The lowest BCUT2D eigenvalue weighted by molar-refractivity contribution is -0.158. The maximum absolute atomic E-state index is 12.3. The Labute approximate surface area is 233 Å². The highest BCUT2D eigenvalue weighted by molar-refractivity contribution is 6.35. The number of carboxylic acid groups (broad SMARTS) is 1. The molecular formula is C28H35Cl2N5O3. The van der Waals surface area contributed by atoms with E-state index in [0.29, 0.717) is 45.3 Å². The lowest BCUT2D eigenvalue weighted by Gasteiger charge is -2.52. The van der Waals surface area contributed by atoms with Gasteiger partial charge in [0.15, 0.2) is 5.78 Å². The number of nitrogens with one attached hydrogen (secondary N) is 1. The van der Waals surface area contributed by atoms with Crippen LogP contribution in [0.4, 0.5) is 11.8 Å². The summed E-state index contributed by atoms with van der Waals surface area (Å²) in [5.41, 5.74) is 0.752. The van der Waals surface area contributed by atoms with Crippen LogP contribution in [0.25, 0.3) is 0 Å². The molecule has 0 amide bonds. The minimum Gasteiger partial charge on any atom is -0.481 e. The largest absolute Gasteiger partial charge is 0.481 e. The van der Waals surface area contributed by atoms with Gasteiger partial charge in [-0.05, 0) is 82.5 Å². The molecular weight excluding hydrogens is 525 g/mol. The highest BCUT2D eigenvalue weighted by Crippen LogP contribution is 2.45. The van der Waals surface area contributed by atoms with Gasteiger partial charge in [-0.15, -0.1) is 0 Å². The number of piperidine rings is 1. The summed E-state index contributed by atoms with van der Waals surface area (Å²) in [6, 6.07) is 5.57. The number of benzene rings is 1. The molecule has 0 radical (unpaired) electrons. The van der Waals surface area contributed by atoms with Crippen LogP contribution in [0.5, 0.6) is 0 Å². The predicted octanol–water partition coefficient (Wildman–Crippen LogP) is 5.56. The number of hydrogen-bond acceptors (Lipinski definition) is 7. The zero-order chi connectivity index (χ0) is 27.2. The van der Waals surface area contributed by atoms with E-state index in [0.717, 1.165) is 51.0 Å². The number of likely N-dealkylation sites (tertiary alicyclic amines) is 1. The minimum atomic E-state index is -0.674. The summed E-state index contributed by atoms with van der Waals surface area (Å²) in [4.78, 5) is 37.8. The average molecular weight is 561 g/mol. The van der Waals surface area contributed by atoms with Crippen LogP contribution in [-0.4, -0.2) is 63.9 Å². The molecule has 0 bridgehead atoms. The second kappa shape index (κ2) is 10.6. The molecule has 2 atom stereocenters. The molecule has 0 spiro atoms. The predicted molar refractivity (Wildman–Crippen MR) is 149 cm³/mol. The van der Waals surface area contributed by atoms with E-state index in [9.17, 15) is 14.7 Å². The molecule has 204 valence electrons. The van der Waals surface area contributed by atoms with E-state index in [1.807, 2.05) is 19.9 Å². The number of hydrogen-bond donors (Lipinski definition) is 2. The summed E-state index contributed by atoms with van der Waals surface area (Å²) in [6.45, 7) is 9.21. The van der Waals surface area contributed by atoms with Crippen LogP contribution < -0.4 is 10.2 Å². The molecule has 2 aromatic rings. The van der Waals surface area contributed by atoms with Gasteiger partial charge in [0.2, 0.25) is 5.95 Å². The molecule has 2 aliphatic heterocycles. The first-order chi connectivity index (χ1) is 18.0. The Hall–Kier alpha value is -2.42. The number of halogens is 2. The van der Waals surface area contributed by atoms with Crippen molar-refractivity contribution in [3.63, 3.8) is 0 Å². The zero-order valence-electron chi connectivity index (χ0n) is 22.1. The van der Waals surface area contributed by atoms with Crippen molar-refractivity contribution >= 4 is 46.7 Å². The smallest absolute Gasteiger partial charge is 0.309 e. The molecule has 38 heavy (non-hydrogen) atoms. The van der Waals surface area contributed by atoms with Gasteiger partial charge in [-0.3, -0.25) is 9.59 Å². The Balaban J connectivity index is 1.22. The fourth-order valence-electron chi connectivity index (χ4n) is 6.17. The summed E-state index contributed by atoms with van der Waals surface area (Å²) in [7, 11) is 0. The molecule has 8 nitrogen and oxygen atoms in total. The molecule has 1 aromatic heterocycles. The van der Waals surface area contributed by atoms with Crippen molar-refractivity contribution in [3.8, 4) is 0 Å². The summed E-state index contributed by atoms with van der Waals surface area (Å²) >= 11 is 12.5. The number of carboxylic acids is 1. The second-order valence-corrected chi connectivity index (χ2v) is 12.4. The quantitative estimate of drug-likeness (QED) is 0.405. The standard InChI is InChI=1S/C28H35Cl2N5O3/c1-16(22-7-6-20(29)9-24(22)30)32-25-23(17(2)36)12-31-27(33-25)35-14-19(15-35)18-5-4-8-34(13-18)21-10-28(3,11-21)26(37)38/h6-7,9,12,16,18-19,21H,4-5,8,10-11,13-15H2,1-3H3,(H,37,38)(H,31,32,33)/t16-,18+,21-,28-/m1/s1.